The maximum Gasteiger partial charge on any atom is 0.126 e. The second-order valence-electron chi connectivity index (χ2n) is 5.68. The molecule has 0 aromatic heterocycles. The summed E-state index contributed by atoms with van der Waals surface area (Å²) in [6, 6.07) is 15.4. The van der Waals surface area contributed by atoms with Crippen LogP contribution in [0, 0.1) is 5.82 Å². The Kier molecular flexibility index (Phi) is 4.11. The Hall–Kier alpha value is -1.23. The molecule has 1 aliphatic rings. The molecule has 2 aromatic rings. The molecule has 0 saturated heterocycles. The van der Waals surface area contributed by atoms with Crippen LogP contribution in [-0.2, 0) is 11.8 Å². The van der Waals surface area contributed by atoms with Gasteiger partial charge in [-0.05, 0) is 48.6 Å². The average Bonchev–Trinajstić information content (AvgIpc) is 3.31. The molecule has 4 heteroatoms. The fourth-order valence-electron chi connectivity index (χ4n) is 3.08. The highest BCUT2D eigenvalue weighted by atomic mass is 79.9. The highest BCUT2D eigenvalue weighted by Crippen LogP contribution is 2.51. The van der Waals surface area contributed by atoms with Gasteiger partial charge in [0.25, 0.3) is 0 Å². The summed E-state index contributed by atoms with van der Waals surface area (Å²) >= 11 is 3.40. The smallest absolute Gasteiger partial charge is 0.126 e. The first kappa shape index (κ1) is 14.7. The standard InChI is InChI=1S/C17H18BrFN2/c18-14-6-7-15(19)12(10-14)11-16(21-20)17(8-9-17)13-4-2-1-3-5-13/h1-7,10,16,21H,8-9,11,20H2. The van der Waals surface area contributed by atoms with Crippen LogP contribution in [0.25, 0.3) is 0 Å². The third-order valence-corrected chi connectivity index (χ3v) is 4.93. The molecule has 1 atom stereocenters. The Balaban J connectivity index is 1.88. The minimum absolute atomic E-state index is 0.0312. The van der Waals surface area contributed by atoms with Crippen molar-refractivity contribution in [3.05, 3.63) is 69.9 Å². The number of halogens is 2. The summed E-state index contributed by atoms with van der Waals surface area (Å²) in [5.74, 6) is 5.61. The summed E-state index contributed by atoms with van der Waals surface area (Å²) in [4.78, 5) is 0. The predicted molar refractivity (Wildman–Crippen MR) is 86.3 cm³/mol. The lowest BCUT2D eigenvalue weighted by atomic mass is 9.85. The van der Waals surface area contributed by atoms with Crippen molar-refractivity contribution < 1.29 is 4.39 Å². The van der Waals surface area contributed by atoms with Gasteiger partial charge in [-0.3, -0.25) is 11.3 Å². The van der Waals surface area contributed by atoms with Crippen molar-refractivity contribution in [1.29, 1.82) is 0 Å². The second kappa shape index (κ2) is 5.87. The Morgan fingerprint density at radius 2 is 1.90 bits per heavy atom. The maximum atomic E-state index is 14.0. The molecule has 2 aromatic carbocycles. The van der Waals surface area contributed by atoms with Crippen molar-refractivity contribution in [2.24, 2.45) is 5.84 Å². The van der Waals surface area contributed by atoms with Crippen molar-refractivity contribution in [3.8, 4) is 0 Å². The zero-order valence-corrected chi connectivity index (χ0v) is 13.2. The van der Waals surface area contributed by atoms with Gasteiger partial charge in [-0.2, -0.15) is 0 Å². The van der Waals surface area contributed by atoms with Gasteiger partial charge < -0.3 is 0 Å². The fraction of sp³-hybridized carbons (Fsp3) is 0.294. The number of hydrogen-bond acceptors (Lipinski definition) is 2. The van der Waals surface area contributed by atoms with Crippen LogP contribution in [0.1, 0.15) is 24.0 Å². The van der Waals surface area contributed by atoms with Crippen molar-refractivity contribution >= 4 is 15.9 Å². The van der Waals surface area contributed by atoms with Crippen molar-refractivity contribution in [2.45, 2.75) is 30.7 Å². The Bertz CT molecular complexity index is 626. The third-order valence-electron chi connectivity index (χ3n) is 4.44. The molecule has 0 radical (unpaired) electrons. The number of nitrogens with one attached hydrogen (secondary N) is 1. The van der Waals surface area contributed by atoms with E-state index in [1.54, 1.807) is 6.07 Å². The van der Waals surface area contributed by atoms with Crippen molar-refractivity contribution in [2.75, 3.05) is 0 Å². The van der Waals surface area contributed by atoms with E-state index in [0.717, 1.165) is 17.3 Å². The van der Waals surface area contributed by atoms with Gasteiger partial charge in [-0.25, -0.2) is 4.39 Å². The molecule has 1 unspecified atom stereocenters. The number of rotatable bonds is 5. The molecule has 1 saturated carbocycles. The minimum Gasteiger partial charge on any atom is -0.271 e. The molecule has 3 N–H and O–H groups in total. The van der Waals surface area contributed by atoms with Gasteiger partial charge in [0, 0.05) is 15.9 Å². The molecular weight excluding hydrogens is 331 g/mol. The molecule has 110 valence electrons. The Morgan fingerprint density at radius 1 is 1.19 bits per heavy atom. The molecule has 1 fully saturated rings. The highest BCUT2D eigenvalue weighted by molar-refractivity contribution is 9.10. The third kappa shape index (κ3) is 2.89. The molecule has 0 spiro atoms. The van der Waals surface area contributed by atoms with E-state index >= 15 is 0 Å². The van der Waals surface area contributed by atoms with E-state index in [1.165, 1.54) is 11.6 Å². The van der Waals surface area contributed by atoms with Gasteiger partial charge in [-0.15, -0.1) is 0 Å². The van der Waals surface area contributed by atoms with Gasteiger partial charge in [0.05, 0.1) is 0 Å². The Morgan fingerprint density at radius 3 is 2.52 bits per heavy atom. The molecule has 0 bridgehead atoms. The highest BCUT2D eigenvalue weighted by Gasteiger charge is 2.50. The zero-order valence-electron chi connectivity index (χ0n) is 11.7. The predicted octanol–water partition coefficient (Wildman–Crippen LogP) is 3.69. The second-order valence-corrected chi connectivity index (χ2v) is 6.60. The van der Waals surface area contributed by atoms with Gasteiger partial charge in [0.2, 0.25) is 0 Å². The van der Waals surface area contributed by atoms with E-state index in [-0.39, 0.29) is 17.3 Å². The fourth-order valence-corrected chi connectivity index (χ4v) is 3.49. The first-order valence-corrected chi connectivity index (χ1v) is 7.90. The van der Waals surface area contributed by atoms with E-state index in [1.807, 2.05) is 24.3 Å². The lowest BCUT2D eigenvalue weighted by Gasteiger charge is -2.27. The van der Waals surface area contributed by atoms with Gasteiger partial charge in [0.1, 0.15) is 5.82 Å². The summed E-state index contributed by atoms with van der Waals surface area (Å²) in [5, 5.41) is 0. The molecule has 21 heavy (non-hydrogen) atoms. The molecule has 0 aliphatic heterocycles. The van der Waals surface area contributed by atoms with Crippen LogP contribution in [-0.4, -0.2) is 6.04 Å². The van der Waals surface area contributed by atoms with Crippen LogP contribution in [0.4, 0.5) is 4.39 Å². The summed E-state index contributed by atoms with van der Waals surface area (Å²) in [6.45, 7) is 0. The van der Waals surface area contributed by atoms with Crippen LogP contribution in [0.15, 0.2) is 53.0 Å². The van der Waals surface area contributed by atoms with E-state index < -0.39 is 0 Å². The van der Waals surface area contributed by atoms with Crippen LogP contribution in [0.2, 0.25) is 0 Å². The molecular formula is C17H18BrFN2. The van der Waals surface area contributed by atoms with E-state index in [4.69, 9.17) is 5.84 Å². The lowest BCUT2D eigenvalue weighted by Crippen LogP contribution is -2.45. The SMILES string of the molecule is NNC(Cc1cc(Br)ccc1F)C1(c2ccccc2)CC1. The van der Waals surface area contributed by atoms with E-state index in [2.05, 4.69) is 33.5 Å². The van der Waals surface area contributed by atoms with Crippen molar-refractivity contribution in [3.63, 3.8) is 0 Å². The van der Waals surface area contributed by atoms with Gasteiger partial charge in [0.15, 0.2) is 0 Å². The van der Waals surface area contributed by atoms with E-state index in [0.29, 0.717) is 12.0 Å². The van der Waals surface area contributed by atoms with Crippen molar-refractivity contribution in [1.82, 2.24) is 5.43 Å². The monoisotopic (exact) mass is 348 g/mol. The first-order chi connectivity index (χ1) is 10.2. The number of hydrazine groups is 1. The topological polar surface area (TPSA) is 38.0 Å². The molecule has 3 rings (SSSR count). The summed E-state index contributed by atoms with van der Waals surface area (Å²) < 4.78 is 14.9. The number of hydrogen-bond donors (Lipinski definition) is 2. The summed E-state index contributed by atoms with van der Waals surface area (Å²) in [5.41, 5.74) is 4.92. The minimum atomic E-state index is -0.178. The normalized spacial score (nSPS) is 17.5. The summed E-state index contributed by atoms with van der Waals surface area (Å²) in [6.07, 6.45) is 2.75. The number of benzene rings is 2. The van der Waals surface area contributed by atoms with Crippen LogP contribution in [0.5, 0.6) is 0 Å². The Labute approximate surface area is 132 Å². The quantitative estimate of drug-likeness (QED) is 0.638. The van der Waals surface area contributed by atoms with Crippen LogP contribution >= 0.6 is 15.9 Å². The zero-order chi connectivity index (χ0) is 14.9. The molecule has 0 amide bonds. The maximum absolute atomic E-state index is 14.0. The average molecular weight is 349 g/mol. The summed E-state index contributed by atoms with van der Waals surface area (Å²) in [7, 11) is 0. The first-order valence-electron chi connectivity index (χ1n) is 7.11. The van der Waals surface area contributed by atoms with Gasteiger partial charge >= 0.3 is 0 Å². The van der Waals surface area contributed by atoms with Crippen LogP contribution in [0.3, 0.4) is 0 Å². The lowest BCUT2D eigenvalue weighted by molar-refractivity contribution is 0.414. The molecule has 2 nitrogen and oxygen atoms in total. The number of nitrogens with two attached hydrogens (primary N) is 1. The van der Waals surface area contributed by atoms with Gasteiger partial charge in [-0.1, -0.05) is 46.3 Å². The van der Waals surface area contributed by atoms with Crippen LogP contribution < -0.4 is 11.3 Å². The van der Waals surface area contributed by atoms with E-state index in [9.17, 15) is 4.39 Å². The molecule has 1 aliphatic carbocycles. The largest absolute Gasteiger partial charge is 0.271 e. The molecule has 0 heterocycles.